The Bertz CT molecular complexity index is 357. The average Bonchev–Trinajstić information content (AvgIpc) is 2.04. The van der Waals surface area contributed by atoms with Gasteiger partial charge in [0.15, 0.2) is 0 Å². The molecule has 13 heavy (non-hydrogen) atoms. The van der Waals surface area contributed by atoms with E-state index in [2.05, 4.69) is 12.6 Å². The van der Waals surface area contributed by atoms with Gasteiger partial charge in [-0.25, -0.2) is 4.39 Å². The van der Waals surface area contributed by atoms with Gasteiger partial charge in [-0.1, -0.05) is 0 Å². The quantitative estimate of drug-likeness (QED) is 0.457. The lowest BCUT2D eigenvalue weighted by atomic mass is 10.2. The second-order valence-electron chi connectivity index (χ2n) is 2.27. The van der Waals surface area contributed by atoms with E-state index in [4.69, 9.17) is 0 Å². The number of nitro groups is 1. The van der Waals surface area contributed by atoms with Gasteiger partial charge in [0.2, 0.25) is 5.82 Å². The molecular weight excluding hydrogens is 200 g/mol. The van der Waals surface area contributed by atoms with Gasteiger partial charge in [0.25, 0.3) is 0 Å². The maximum Gasteiger partial charge on any atom is 0.305 e. The first kappa shape index (κ1) is 9.91. The van der Waals surface area contributed by atoms with Crippen molar-refractivity contribution in [2.75, 3.05) is 0 Å². The summed E-state index contributed by atoms with van der Waals surface area (Å²) in [6, 6.07) is 1.64. The first-order valence-corrected chi connectivity index (χ1v) is 3.93. The molecule has 3 nitrogen and oxygen atoms in total. The molecule has 0 amide bonds. The highest BCUT2D eigenvalue weighted by Crippen LogP contribution is 2.23. The van der Waals surface area contributed by atoms with E-state index in [9.17, 15) is 18.9 Å². The summed E-state index contributed by atoms with van der Waals surface area (Å²) in [5, 5.41) is 10.2. The molecule has 0 aliphatic heterocycles. The van der Waals surface area contributed by atoms with Crippen molar-refractivity contribution in [3.63, 3.8) is 0 Å². The average molecular weight is 205 g/mol. The van der Waals surface area contributed by atoms with Gasteiger partial charge in [-0.05, 0) is 6.07 Å². The molecule has 0 saturated heterocycles. The fourth-order valence-electron chi connectivity index (χ4n) is 0.871. The van der Waals surface area contributed by atoms with Crippen molar-refractivity contribution in [3.05, 3.63) is 39.4 Å². The molecule has 0 spiro atoms. The van der Waals surface area contributed by atoms with Gasteiger partial charge >= 0.3 is 5.69 Å². The van der Waals surface area contributed by atoms with E-state index in [-0.39, 0.29) is 11.3 Å². The monoisotopic (exact) mass is 205 g/mol. The molecule has 0 radical (unpaired) electrons. The Labute approximate surface area is 77.9 Å². The molecule has 0 aliphatic rings. The Morgan fingerprint density at radius 1 is 1.46 bits per heavy atom. The molecule has 1 aromatic rings. The number of hydrogen-bond acceptors (Lipinski definition) is 3. The fourth-order valence-corrected chi connectivity index (χ4v) is 1.16. The molecule has 0 aliphatic carbocycles. The van der Waals surface area contributed by atoms with Crippen molar-refractivity contribution < 1.29 is 13.7 Å². The number of benzene rings is 1. The van der Waals surface area contributed by atoms with Gasteiger partial charge in [0.1, 0.15) is 5.82 Å². The van der Waals surface area contributed by atoms with Crippen LogP contribution < -0.4 is 0 Å². The van der Waals surface area contributed by atoms with Crippen molar-refractivity contribution in [2.24, 2.45) is 0 Å². The van der Waals surface area contributed by atoms with Gasteiger partial charge in [0.05, 0.1) is 4.92 Å². The van der Waals surface area contributed by atoms with Crippen LogP contribution in [-0.2, 0) is 5.75 Å². The van der Waals surface area contributed by atoms with Crippen LogP contribution in [0.15, 0.2) is 12.1 Å². The zero-order valence-corrected chi connectivity index (χ0v) is 7.22. The lowest BCUT2D eigenvalue weighted by Crippen LogP contribution is -1.98. The normalized spacial score (nSPS) is 10.1. The van der Waals surface area contributed by atoms with Crippen LogP contribution in [0.1, 0.15) is 5.56 Å². The molecule has 0 atom stereocenters. The van der Waals surface area contributed by atoms with Crippen molar-refractivity contribution in [2.45, 2.75) is 5.75 Å². The lowest BCUT2D eigenvalue weighted by Gasteiger charge is -2.00. The summed E-state index contributed by atoms with van der Waals surface area (Å²) < 4.78 is 25.8. The first-order valence-electron chi connectivity index (χ1n) is 3.30. The van der Waals surface area contributed by atoms with Crippen molar-refractivity contribution in [3.8, 4) is 0 Å². The topological polar surface area (TPSA) is 43.1 Å². The number of thiol groups is 1. The summed E-state index contributed by atoms with van der Waals surface area (Å²) in [6.45, 7) is 0. The van der Waals surface area contributed by atoms with E-state index in [1.807, 2.05) is 0 Å². The van der Waals surface area contributed by atoms with Gasteiger partial charge in [-0.3, -0.25) is 10.1 Å². The molecule has 1 aromatic carbocycles. The van der Waals surface area contributed by atoms with Crippen molar-refractivity contribution >= 4 is 18.3 Å². The fraction of sp³-hybridized carbons (Fsp3) is 0.143. The van der Waals surface area contributed by atoms with E-state index in [1.54, 1.807) is 0 Å². The van der Waals surface area contributed by atoms with Crippen LogP contribution in [0.4, 0.5) is 14.5 Å². The second kappa shape index (κ2) is 3.69. The zero-order chi connectivity index (χ0) is 10.0. The molecule has 0 N–H and O–H groups in total. The Morgan fingerprint density at radius 2 is 2.08 bits per heavy atom. The first-order chi connectivity index (χ1) is 6.07. The van der Waals surface area contributed by atoms with Gasteiger partial charge in [0, 0.05) is 17.4 Å². The van der Waals surface area contributed by atoms with Crippen LogP contribution in [0.5, 0.6) is 0 Å². The molecule has 1 rings (SSSR count). The zero-order valence-electron chi connectivity index (χ0n) is 6.33. The highest BCUT2D eigenvalue weighted by molar-refractivity contribution is 7.79. The van der Waals surface area contributed by atoms with Crippen molar-refractivity contribution in [1.29, 1.82) is 0 Å². The predicted octanol–water partition coefficient (Wildman–Crippen LogP) is 2.30. The Balaban J connectivity index is 3.35. The van der Waals surface area contributed by atoms with E-state index in [0.29, 0.717) is 0 Å². The van der Waals surface area contributed by atoms with E-state index in [1.165, 1.54) is 0 Å². The largest absolute Gasteiger partial charge is 0.305 e. The summed E-state index contributed by atoms with van der Waals surface area (Å²) in [7, 11) is 0. The highest BCUT2D eigenvalue weighted by atomic mass is 32.1. The predicted molar refractivity (Wildman–Crippen MR) is 45.7 cm³/mol. The summed E-state index contributed by atoms with van der Waals surface area (Å²) in [4.78, 5) is 9.32. The maximum absolute atomic E-state index is 13.1. The molecule has 70 valence electrons. The van der Waals surface area contributed by atoms with Gasteiger partial charge in [-0.2, -0.15) is 17.0 Å². The number of nitro benzene ring substituents is 1. The molecular formula is C7H5F2NO2S. The summed E-state index contributed by atoms with van der Waals surface area (Å²) in [5.41, 5.74) is -1.11. The minimum Gasteiger partial charge on any atom is -0.258 e. The van der Waals surface area contributed by atoms with Crippen LogP contribution in [0, 0.1) is 21.7 Å². The van der Waals surface area contributed by atoms with E-state index in [0.717, 1.165) is 12.1 Å². The summed E-state index contributed by atoms with van der Waals surface area (Å²) in [5.74, 6) is -2.18. The third-order valence-corrected chi connectivity index (χ3v) is 1.84. The van der Waals surface area contributed by atoms with E-state index < -0.39 is 22.2 Å². The van der Waals surface area contributed by atoms with Crippen LogP contribution >= 0.6 is 12.6 Å². The Hall–Kier alpha value is -1.17. The van der Waals surface area contributed by atoms with Crippen LogP contribution in [0.25, 0.3) is 0 Å². The minimum absolute atomic E-state index is 0.209. The van der Waals surface area contributed by atoms with Gasteiger partial charge < -0.3 is 0 Å². The summed E-state index contributed by atoms with van der Waals surface area (Å²) >= 11 is 3.66. The maximum atomic E-state index is 13.1. The van der Waals surface area contributed by atoms with E-state index >= 15 is 0 Å². The van der Waals surface area contributed by atoms with Crippen LogP contribution in [0.3, 0.4) is 0 Å². The molecule has 0 aromatic heterocycles. The van der Waals surface area contributed by atoms with Crippen LogP contribution in [0.2, 0.25) is 0 Å². The Morgan fingerprint density at radius 3 is 2.54 bits per heavy atom. The second-order valence-corrected chi connectivity index (χ2v) is 2.59. The highest BCUT2D eigenvalue weighted by Gasteiger charge is 2.19. The van der Waals surface area contributed by atoms with Crippen LogP contribution in [-0.4, -0.2) is 4.92 Å². The molecule has 0 bridgehead atoms. The third kappa shape index (κ3) is 1.77. The molecule has 6 heteroatoms. The molecule has 0 heterocycles. The third-order valence-electron chi connectivity index (χ3n) is 1.52. The molecule has 0 unspecified atom stereocenters. The molecule has 0 fully saturated rings. The van der Waals surface area contributed by atoms with Gasteiger partial charge in [-0.15, -0.1) is 0 Å². The number of halogens is 2. The SMILES string of the molecule is O=[N+]([O-])c1ccc(F)c(CS)c1F. The Kier molecular flexibility index (Phi) is 2.82. The molecule has 0 saturated carbocycles. The summed E-state index contributed by atoms with van der Waals surface area (Å²) in [6.07, 6.45) is 0. The lowest BCUT2D eigenvalue weighted by molar-refractivity contribution is -0.387. The van der Waals surface area contributed by atoms with Crippen molar-refractivity contribution in [1.82, 2.24) is 0 Å². The number of nitrogens with zero attached hydrogens (tertiary/aromatic N) is 1. The standard InChI is InChI=1S/C7H5F2NO2S/c8-5-1-2-6(10(11)12)7(9)4(5)3-13/h1-2,13H,3H2. The minimum atomic E-state index is -1.15. The number of rotatable bonds is 2. The smallest absolute Gasteiger partial charge is 0.258 e. The number of hydrogen-bond donors (Lipinski definition) is 1.